The van der Waals surface area contributed by atoms with Crippen LogP contribution in [0.15, 0.2) is 12.2 Å². The van der Waals surface area contributed by atoms with Gasteiger partial charge in [-0.05, 0) is 26.2 Å². The van der Waals surface area contributed by atoms with Crippen LogP contribution in [0.25, 0.3) is 0 Å². The van der Waals surface area contributed by atoms with Gasteiger partial charge in [-0.2, -0.15) is 0 Å². The topological polar surface area (TPSA) is 0 Å². The van der Waals surface area contributed by atoms with Gasteiger partial charge in [-0.1, -0.05) is 12.0 Å². The minimum absolute atomic E-state index is 0.802. The van der Waals surface area contributed by atoms with Crippen LogP contribution < -0.4 is 0 Å². The molecule has 0 radical (unpaired) electrons. The maximum absolute atomic E-state index is 5.49. The van der Waals surface area contributed by atoms with Crippen molar-refractivity contribution < 1.29 is 0 Å². The quantitative estimate of drug-likeness (QED) is 0.317. The fraction of sp³-hybridized carbons (Fsp3) is 0.750. The molecule has 0 aromatic rings. The van der Waals surface area contributed by atoms with Crippen LogP contribution >= 0.6 is 11.6 Å². The standard InChI is InChI=1S/C8H15Cl/c1-8(2)6-4-3-5-7-9/h1,3-7H2,2H3. The second-order valence-corrected chi connectivity index (χ2v) is 2.83. The zero-order chi connectivity index (χ0) is 7.11. The van der Waals surface area contributed by atoms with Crippen LogP contribution in [-0.4, -0.2) is 5.88 Å². The summed E-state index contributed by atoms with van der Waals surface area (Å²) in [7, 11) is 0. The summed E-state index contributed by atoms with van der Waals surface area (Å²) in [5.41, 5.74) is 1.28. The summed E-state index contributed by atoms with van der Waals surface area (Å²) in [5.74, 6) is 0.802. The molecule has 0 nitrogen and oxygen atoms in total. The highest BCUT2D eigenvalue weighted by Gasteiger charge is 1.87. The molecule has 0 atom stereocenters. The van der Waals surface area contributed by atoms with Crippen molar-refractivity contribution in [3.63, 3.8) is 0 Å². The molecule has 0 amide bonds. The van der Waals surface area contributed by atoms with Gasteiger partial charge in [0.25, 0.3) is 0 Å². The third-order valence-electron chi connectivity index (χ3n) is 1.24. The first-order valence-corrected chi connectivity index (χ1v) is 4.01. The maximum Gasteiger partial charge on any atom is 0.0223 e. The molecule has 0 saturated carbocycles. The van der Waals surface area contributed by atoms with E-state index < -0.39 is 0 Å². The maximum atomic E-state index is 5.49. The lowest BCUT2D eigenvalue weighted by atomic mass is 10.1. The van der Waals surface area contributed by atoms with Gasteiger partial charge in [0.1, 0.15) is 0 Å². The molecule has 0 aliphatic carbocycles. The van der Waals surface area contributed by atoms with Gasteiger partial charge in [0.15, 0.2) is 0 Å². The van der Waals surface area contributed by atoms with Gasteiger partial charge in [-0.3, -0.25) is 0 Å². The van der Waals surface area contributed by atoms with Crippen LogP contribution in [0.3, 0.4) is 0 Å². The van der Waals surface area contributed by atoms with Crippen LogP contribution in [0.4, 0.5) is 0 Å². The molecule has 0 spiro atoms. The average molecular weight is 147 g/mol. The average Bonchev–Trinajstić information content (AvgIpc) is 1.80. The van der Waals surface area contributed by atoms with Crippen molar-refractivity contribution >= 4 is 11.6 Å². The van der Waals surface area contributed by atoms with Gasteiger partial charge >= 0.3 is 0 Å². The minimum atomic E-state index is 0.802. The van der Waals surface area contributed by atoms with E-state index in [1.165, 1.54) is 18.4 Å². The predicted octanol–water partition coefficient (Wildman–Crippen LogP) is 3.36. The lowest BCUT2D eigenvalue weighted by molar-refractivity contribution is 0.717. The van der Waals surface area contributed by atoms with Crippen molar-refractivity contribution in [2.45, 2.75) is 32.6 Å². The molecule has 0 heterocycles. The number of unbranched alkanes of at least 4 members (excludes halogenated alkanes) is 2. The lowest BCUT2D eigenvalue weighted by Gasteiger charge is -1.96. The van der Waals surface area contributed by atoms with Crippen LogP contribution in [0.5, 0.6) is 0 Å². The Labute approximate surface area is 62.9 Å². The van der Waals surface area contributed by atoms with E-state index in [0.717, 1.165) is 18.7 Å². The van der Waals surface area contributed by atoms with E-state index in [4.69, 9.17) is 11.6 Å². The SMILES string of the molecule is C=C(C)CCCCCCl. The van der Waals surface area contributed by atoms with E-state index in [1.54, 1.807) is 0 Å². The number of allylic oxidation sites excluding steroid dienone is 1. The number of alkyl halides is 1. The molecule has 9 heavy (non-hydrogen) atoms. The smallest absolute Gasteiger partial charge is 0.0223 e. The highest BCUT2D eigenvalue weighted by Crippen LogP contribution is 2.05. The third-order valence-corrected chi connectivity index (χ3v) is 1.50. The van der Waals surface area contributed by atoms with Crippen molar-refractivity contribution in [1.82, 2.24) is 0 Å². The molecule has 0 aliphatic rings. The molecule has 0 N–H and O–H groups in total. The summed E-state index contributed by atoms with van der Waals surface area (Å²) in [6.45, 7) is 5.89. The molecular formula is C8H15Cl. The molecule has 0 aromatic heterocycles. The summed E-state index contributed by atoms with van der Waals surface area (Å²) >= 11 is 5.49. The largest absolute Gasteiger partial charge is 0.127 e. The Bertz CT molecular complexity index is 76.6. The summed E-state index contributed by atoms with van der Waals surface area (Å²) < 4.78 is 0. The van der Waals surface area contributed by atoms with E-state index >= 15 is 0 Å². The predicted molar refractivity (Wildman–Crippen MR) is 44.0 cm³/mol. The van der Waals surface area contributed by atoms with E-state index in [9.17, 15) is 0 Å². The molecule has 1 heteroatoms. The fourth-order valence-electron chi connectivity index (χ4n) is 0.698. The van der Waals surface area contributed by atoms with Gasteiger partial charge in [0.2, 0.25) is 0 Å². The van der Waals surface area contributed by atoms with Crippen LogP contribution in [0.1, 0.15) is 32.6 Å². The number of halogens is 1. The Hall–Kier alpha value is 0.0300. The van der Waals surface area contributed by atoms with Crippen molar-refractivity contribution in [1.29, 1.82) is 0 Å². The Morgan fingerprint density at radius 3 is 2.44 bits per heavy atom. The molecule has 0 rings (SSSR count). The zero-order valence-corrected chi connectivity index (χ0v) is 6.88. The number of rotatable bonds is 5. The second-order valence-electron chi connectivity index (χ2n) is 2.46. The Kier molecular flexibility index (Phi) is 6.18. The van der Waals surface area contributed by atoms with Gasteiger partial charge in [-0.15, -0.1) is 18.2 Å². The summed E-state index contributed by atoms with van der Waals surface area (Å²) in [4.78, 5) is 0. The molecule has 0 unspecified atom stereocenters. The first-order valence-electron chi connectivity index (χ1n) is 3.47. The van der Waals surface area contributed by atoms with Crippen LogP contribution in [0, 0.1) is 0 Å². The zero-order valence-electron chi connectivity index (χ0n) is 6.12. The molecule has 0 bridgehead atoms. The van der Waals surface area contributed by atoms with E-state index in [1.807, 2.05) is 0 Å². The van der Waals surface area contributed by atoms with Gasteiger partial charge < -0.3 is 0 Å². The molecule has 54 valence electrons. The summed E-state index contributed by atoms with van der Waals surface area (Å²) in [6, 6.07) is 0. The van der Waals surface area contributed by atoms with Crippen molar-refractivity contribution in [3.05, 3.63) is 12.2 Å². The first kappa shape index (κ1) is 9.03. The normalized spacial score (nSPS) is 9.56. The lowest BCUT2D eigenvalue weighted by Crippen LogP contribution is -1.78. The molecule has 0 aliphatic heterocycles. The highest BCUT2D eigenvalue weighted by molar-refractivity contribution is 6.17. The van der Waals surface area contributed by atoms with Gasteiger partial charge in [-0.25, -0.2) is 0 Å². The summed E-state index contributed by atoms with van der Waals surface area (Å²) in [5, 5.41) is 0. The molecular weight excluding hydrogens is 132 g/mol. The van der Waals surface area contributed by atoms with Gasteiger partial charge in [0.05, 0.1) is 0 Å². The van der Waals surface area contributed by atoms with E-state index in [0.29, 0.717) is 0 Å². The molecule has 0 aromatic carbocycles. The first-order chi connectivity index (χ1) is 4.27. The highest BCUT2D eigenvalue weighted by atomic mass is 35.5. The van der Waals surface area contributed by atoms with Crippen LogP contribution in [0.2, 0.25) is 0 Å². The molecule has 0 fully saturated rings. The van der Waals surface area contributed by atoms with E-state index in [-0.39, 0.29) is 0 Å². The molecule has 0 saturated heterocycles. The van der Waals surface area contributed by atoms with Crippen molar-refractivity contribution in [2.24, 2.45) is 0 Å². The number of hydrogen-bond acceptors (Lipinski definition) is 0. The Morgan fingerprint density at radius 1 is 1.33 bits per heavy atom. The minimum Gasteiger partial charge on any atom is -0.127 e. The summed E-state index contributed by atoms with van der Waals surface area (Å²) in [6.07, 6.45) is 4.81. The Morgan fingerprint density at radius 2 is 2.00 bits per heavy atom. The van der Waals surface area contributed by atoms with Crippen molar-refractivity contribution in [2.75, 3.05) is 5.88 Å². The van der Waals surface area contributed by atoms with Crippen LogP contribution in [-0.2, 0) is 0 Å². The third kappa shape index (κ3) is 8.03. The second kappa shape index (κ2) is 6.15. The number of hydrogen-bond donors (Lipinski definition) is 0. The van der Waals surface area contributed by atoms with E-state index in [2.05, 4.69) is 13.5 Å². The van der Waals surface area contributed by atoms with Gasteiger partial charge in [0, 0.05) is 5.88 Å². The monoisotopic (exact) mass is 146 g/mol. The van der Waals surface area contributed by atoms with Crippen molar-refractivity contribution in [3.8, 4) is 0 Å². The Balaban J connectivity index is 2.83. The fourth-order valence-corrected chi connectivity index (χ4v) is 0.887.